The van der Waals surface area contributed by atoms with Crippen molar-refractivity contribution in [2.24, 2.45) is 9.98 Å². The van der Waals surface area contributed by atoms with Crippen LogP contribution in [0.5, 0.6) is 0 Å². The molecule has 0 unspecified atom stereocenters. The zero-order chi connectivity index (χ0) is 15.0. The Morgan fingerprint density at radius 1 is 0.810 bits per heavy atom. The monoisotopic (exact) mass is 278 g/mol. The van der Waals surface area contributed by atoms with E-state index in [1.54, 1.807) is 6.08 Å². The van der Waals surface area contributed by atoms with Gasteiger partial charge in [0.2, 0.25) is 12.2 Å². The van der Waals surface area contributed by atoms with Gasteiger partial charge < -0.3 is 0 Å². The van der Waals surface area contributed by atoms with Crippen LogP contribution in [-0.2, 0) is 15.1 Å². The van der Waals surface area contributed by atoms with E-state index in [2.05, 4.69) is 9.98 Å². The van der Waals surface area contributed by atoms with Gasteiger partial charge in [-0.1, -0.05) is 60.7 Å². The second-order valence-corrected chi connectivity index (χ2v) is 4.52. The van der Waals surface area contributed by atoms with E-state index >= 15 is 0 Å². The number of benzene rings is 2. The first-order valence-electron chi connectivity index (χ1n) is 6.57. The summed E-state index contributed by atoms with van der Waals surface area (Å²) in [5.74, 6) is 0. The summed E-state index contributed by atoms with van der Waals surface area (Å²) in [5.41, 5.74) is 0.839. The lowest BCUT2D eigenvalue weighted by atomic mass is 9.80. The Morgan fingerprint density at radius 2 is 1.33 bits per heavy atom. The van der Waals surface area contributed by atoms with E-state index in [9.17, 15) is 9.59 Å². The molecule has 4 nitrogen and oxygen atoms in total. The zero-order valence-corrected chi connectivity index (χ0v) is 11.4. The minimum atomic E-state index is -0.884. The molecule has 2 aromatic carbocycles. The molecular formula is C17H14N2O2. The van der Waals surface area contributed by atoms with E-state index in [1.807, 2.05) is 60.7 Å². The van der Waals surface area contributed by atoms with Crippen LogP contribution in [0, 0.1) is 0 Å². The van der Waals surface area contributed by atoms with Crippen LogP contribution < -0.4 is 0 Å². The highest BCUT2D eigenvalue weighted by molar-refractivity contribution is 5.45. The Hall–Kier alpha value is -2.80. The van der Waals surface area contributed by atoms with Gasteiger partial charge in [-0.2, -0.15) is 4.99 Å². The molecule has 0 spiro atoms. The molecule has 0 aromatic heterocycles. The molecular weight excluding hydrogens is 264 g/mol. The quantitative estimate of drug-likeness (QED) is 0.602. The van der Waals surface area contributed by atoms with Gasteiger partial charge >= 0.3 is 0 Å². The summed E-state index contributed by atoms with van der Waals surface area (Å²) in [5, 5.41) is 0. The van der Waals surface area contributed by atoms with Gasteiger partial charge in [0, 0.05) is 6.42 Å². The minimum Gasteiger partial charge on any atom is -0.211 e. The molecule has 4 heteroatoms. The fraction of sp³-hybridized carbons (Fsp3) is 0.176. The Labute approximate surface area is 122 Å². The second kappa shape index (κ2) is 7.11. The summed E-state index contributed by atoms with van der Waals surface area (Å²) in [6.07, 6.45) is 3.58. The normalized spacial score (nSPS) is 10.3. The van der Waals surface area contributed by atoms with Crippen LogP contribution in [0.4, 0.5) is 0 Å². The van der Waals surface area contributed by atoms with Gasteiger partial charge in [0.25, 0.3) is 0 Å². The number of rotatable bonds is 6. The minimum absolute atomic E-state index is 0.235. The molecule has 0 aliphatic carbocycles. The first kappa shape index (κ1) is 14.6. The maximum absolute atomic E-state index is 11.0. The van der Waals surface area contributed by atoms with E-state index in [0.29, 0.717) is 6.42 Å². The van der Waals surface area contributed by atoms with Crippen molar-refractivity contribution in [3.63, 3.8) is 0 Å². The predicted molar refractivity (Wildman–Crippen MR) is 79.4 cm³/mol. The van der Waals surface area contributed by atoms with Gasteiger partial charge in [-0.15, -0.1) is 0 Å². The van der Waals surface area contributed by atoms with Crippen molar-refractivity contribution in [2.45, 2.75) is 12.0 Å². The Balaban J connectivity index is 2.59. The number of carbonyl (C=O) groups excluding carboxylic acids is 2. The van der Waals surface area contributed by atoms with Crippen molar-refractivity contribution in [3.05, 3.63) is 71.8 Å². The molecule has 0 aliphatic rings. The zero-order valence-electron chi connectivity index (χ0n) is 11.4. The molecule has 0 radical (unpaired) electrons. The topological polar surface area (TPSA) is 58.9 Å². The average molecular weight is 278 g/mol. The molecule has 0 saturated carbocycles. The van der Waals surface area contributed by atoms with Crippen LogP contribution in [-0.4, -0.2) is 18.7 Å². The van der Waals surface area contributed by atoms with Crippen LogP contribution >= 0.6 is 0 Å². The van der Waals surface area contributed by atoms with Crippen molar-refractivity contribution in [1.29, 1.82) is 0 Å². The van der Waals surface area contributed by atoms with Crippen molar-refractivity contribution in [1.82, 2.24) is 0 Å². The van der Waals surface area contributed by atoms with E-state index < -0.39 is 5.54 Å². The first-order valence-corrected chi connectivity index (χ1v) is 6.57. The molecule has 0 heterocycles. The molecule has 0 N–H and O–H groups in total. The number of nitrogens with zero attached hydrogens (tertiary/aromatic N) is 2. The van der Waals surface area contributed by atoms with E-state index in [-0.39, 0.29) is 6.54 Å². The summed E-state index contributed by atoms with van der Waals surface area (Å²) in [6.45, 7) is 0.235. The third kappa shape index (κ3) is 3.21. The number of aliphatic imine (C=N–C) groups is 2. The molecule has 0 atom stereocenters. The molecule has 0 aliphatic heterocycles. The summed E-state index contributed by atoms with van der Waals surface area (Å²) < 4.78 is 0. The molecule has 0 amide bonds. The predicted octanol–water partition coefficient (Wildman–Crippen LogP) is 2.99. The van der Waals surface area contributed by atoms with Gasteiger partial charge in [-0.3, -0.25) is 0 Å². The SMILES string of the molecule is O=C=NCCC(N=C=O)(c1ccccc1)c1ccccc1. The first-order chi connectivity index (χ1) is 10.3. The number of hydrogen-bond donors (Lipinski definition) is 0. The van der Waals surface area contributed by atoms with Crippen LogP contribution in [0.15, 0.2) is 70.6 Å². The summed E-state index contributed by atoms with van der Waals surface area (Å²) in [7, 11) is 0. The largest absolute Gasteiger partial charge is 0.236 e. The molecule has 21 heavy (non-hydrogen) atoms. The molecule has 104 valence electrons. The maximum atomic E-state index is 11.0. The van der Waals surface area contributed by atoms with Gasteiger partial charge in [-0.05, 0) is 11.1 Å². The van der Waals surface area contributed by atoms with Gasteiger partial charge in [0.05, 0.1) is 6.54 Å². The highest BCUT2D eigenvalue weighted by Gasteiger charge is 2.33. The summed E-state index contributed by atoms with van der Waals surface area (Å²) in [6, 6.07) is 18.9. The van der Waals surface area contributed by atoms with E-state index in [0.717, 1.165) is 11.1 Å². The third-order valence-corrected chi connectivity index (χ3v) is 3.39. The van der Waals surface area contributed by atoms with Gasteiger partial charge in [0.1, 0.15) is 5.54 Å². The standard InChI is InChI=1S/C17H14N2O2/c20-13-18-12-11-17(19-14-21,15-7-3-1-4-8-15)16-9-5-2-6-10-16/h1-10H,11-12H2. The molecule has 2 rings (SSSR count). The lowest BCUT2D eigenvalue weighted by Gasteiger charge is -2.28. The lowest BCUT2D eigenvalue weighted by molar-refractivity contribution is 0.487. The summed E-state index contributed by atoms with van der Waals surface area (Å²) >= 11 is 0. The number of isocyanates is 2. The molecule has 0 saturated heterocycles. The smallest absolute Gasteiger partial charge is 0.211 e. The average Bonchev–Trinajstić information content (AvgIpc) is 2.56. The second-order valence-electron chi connectivity index (χ2n) is 4.52. The Bertz CT molecular complexity index is 631. The molecule has 0 fully saturated rings. The fourth-order valence-corrected chi connectivity index (χ4v) is 2.41. The third-order valence-electron chi connectivity index (χ3n) is 3.39. The van der Waals surface area contributed by atoms with E-state index in [4.69, 9.17) is 0 Å². The van der Waals surface area contributed by atoms with Gasteiger partial charge in [-0.25, -0.2) is 14.6 Å². The van der Waals surface area contributed by atoms with Crippen molar-refractivity contribution < 1.29 is 9.59 Å². The highest BCUT2D eigenvalue weighted by Crippen LogP contribution is 2.36. The van der Waals surface area contributed by atoms with E-state index in [1.165, 1.54) is 6.08 Å². The molecule has 2 aromatic rings. The highest BCUT2D eigenvalue weighted by atomic mass is 16.1. The molecule has 0 bridgehead atoms. The van der Waals surface area contributed by atoms with Crippen molar-refractivity contribution >= 4 is 12.2 Å². The van der Waals surface area contributed by atoms with Gasteiger partial charge in [0.15, 0.2) is 0 Å². The van der Waals surface area contributed by atoms with Crippen LogP contribution in [0.3, 0.4) is 0 Å². The summed E-state index contributed by atoms with van der Waals surface area (Å²) in [4.78, 5) is 29.0. The Morgan fingerprint density at radius 3 is 1.76 bits per heavy atom. The van der Waals surface area contributed by atoms with Crippen molar-refractivity contribution in [3.8, 4) is 0 Å². The van der Waals surface area contributed by atoms with Crippen molar-refractivity contribution in [2.75, 3.05) is 6.54 Å². The fourth-order valence-electron chi connectivity index (χ4n) is 2.41. The van der Waals surface area contributed by atoms with Crippen LogP contribution in [0.2, 0.25) is 0 Å². The maximum Gasteiger partial charge on any atom is 0.236 e. The lowest BCUT2D eigenvalue weighted by Crippen LogP contribution is -2.26. The van der Waals surface area contributed by atoms with Crippen LogP contribution in [0.1, 0.15) is 17.5 Å². The Kier molecular flexibility index (Phi) is 4.94. The number of hydrogen-bond acceptors (Lipinski definition) is 4. The van der Waals surface area contributed by atoms with Crippen LogP contribution in [0.25, 0.3) is 0 Å².